The Morgan fingerprint density at radius 3 is 2.44 bits per heavy atom. The Morgan fingerprint density at radius 2 is 1.93 bits per heavy atom. The van der Waals surface area contributed by atoms with Crippen LogP contribution in [0.2, 0.25) is 0 Å². The Hall–Kier alpha value is -2.33. The van der Waals surface area contributed by atoms with Gasteiger partial charge in [-0.1, -0.05) is 12.1 Å². The lowest BCUT2D eigenvalue weighted by Gasteiger charge is -2.32. The fourth-order valence-corrected chi connectivity index (χ4v) is 3.31. The summed E-state index contributed by atoms with van der Waals surface area (Å²) in [6.07, 6.45) is 1.35. The van der Waals surface area contributed by atoms with E-state index in [-0.39, 0.29) is 17.0 Å². The molecule has 2 rings (SSSR count). The van der Waals surface area contributed by atoms with E-state index in [0.29, 0.717) is 32.2 Å². The predicted octanol–water partition coefficient (Wildman–Crippen LogP) is 0.620. The molecule has 1 aromatic carbocycles. The van der Waals surface area contributed by atoms with Gasteiger partial charge in [-0.25, -0.2) is 18.4 Å². The first-order valence-corrected chi connectivity index (χ1v) is 10.4. The highest BCUT2D eigenvalue weighted by Crippen LogP contribution is 2.12. The molecule has 10 heteroatoms. The number of carbonyl (C=O) groups excluding carboxylic acids is 1. The van der Waals surface area contributed by atoms with Crippen LogP contribution < -0.4 is 15.8 Å². The van der Waals surface area contributed by atoms with Crippen LogP contribution in [-0.4, -0.2) is 58.2 Å². The molecule has 0 unspecified atom stereocenters. The molecular weight excluding hydrogens is 370 g/mol. The van der Waals surface area contributed by atoms with Crippen LogP contribution in [0.4, 0.5) is 4.79 Å². The lowest BCUT2D eigenvalue weighted by Crippen LogP contribution is -2.49. The molecule has 0 spiro atoms. The van der Waals surface area contributed by atoms with Crippen LogP contribution >= 0.6 is 0 Å². The van der Waals surface area contributed by atoms with E-state index in [1.807, 2.05) is 0 Å². The Morgan fingerprint density at radius 1 is 1.30 bits per heavy atom. The molecule has 27 heavy (non-hydrogen) atoms. The number of aliphatic imine (C=N–C) groups is 1. The molecule has 1 aliphatic heterocycles. The third-order valence-corrected chi connectivity index (χ3v) is 5.23. The van der Waals surface area contributed by atoms with E-state index in [0.717, 1.165) is 18.4 Å². The van der Waals surface area contributed by atoms with Crippen LogP contribution in [0, 0.1) is 0 Å². The van der Waals surface area contributed by atoms with Crippen LogP contribution in [0.25, 0.3) is 0 Å². The molecule has 0 bridgehead atoms. The first kappa shape index (κ1) is 21.0. The zero-order chi connectivity index (χ0) is 19.9. The van der Waals surface area contributed by atoms with Crippen molar-refractivity contribution in [2.24, 2.45) is 10.1 Å². The van der Waals surface area contributed by atoms with Crippen molar-refractivity contribution in [3.05, 3.63) is 29.8 Å². The van der Waals surface area contributed by atoms with Crippen molar-refractivity contribution in [2.75, 3.05) is 26.7 Å². The van der Waals surface area contributed by atoms with E-state index in [4.69, 9.17) is 9.88 Å². The molecule has 1 amide bonds. The SMILES string of the molecule is CCOC(=O)N1CCC(NC(=NC)NCc2ccc(S(N)(=O)=O)cc2)CC1. The second kappa shape index (κ2) is 9.56. The van der Waals surface area contributed by atoms with Gasteiger partial charge >= 0.3 is 6.09 Å². The number of primary sulfonamides is 1. The summed E-state index contributed by atoms with van der Waals surface area (Å²) >= 11 is 0. The Balaban J connectivity index is 1.80. The van der Waals surface area contributed by atoms with Gasteiger partial charge in [-0.05, 0) is 37.5 Å². The van der Waals surface area contributed by atoms with Crippen molar-refractivity contribution in [2.45, 2.75) is 37.2 Å². The molecule has 0 atom stereocenters. The fourth-order valence-electron chi connectivity index (χ4n) is 2.79. The smallest absolute Gasteiger partial charge is 0.409 e. The molecule has 9 nitrogen and oxygen atoms in total. The van der Waals surface area contributed by atoms with E-state index >= 15 is 0 Å². The van der Waals surface area contributed by atoms with E-state index in [9.17, 15) is 13.2 Å². The molecule has 0 aromatic heterocycles. The number of nitrogens with one attached hydrogen (secondary N) is 2. The van der Waals surface area contributed by atoms with Gasteiger partial charge in [0.05, 0.1) is 11.5 Å². The van der Waals surface area contributed by atoms with Crippen molar-refractivity contribution in [3.63, 3.8) is 0 Å². The molecule has 0 saturated carbocycles. The first-order chi connectivity index (χ1) is 12.8. The van der Waals surface area contributed by atoms with E-state index in [1.54, 1.807) is 31.0 Å². The maximum atomic E-state index is 11.7. The molecule has 1 fully saturated rings. The molecule has 0 radical (unpaired) electrons. The van der Waals surface area contributed by atoms with Crippen LogP contribution in [-0.2, 0) is 21.3 Å². The highest BCUT2D eigenvalue weighted by atomic mass is 32.2. The largest absolute Gasteiger partial charge is 0.450 e. The van der Waals surface area contributed by atoms with Gasteiger partial charge in [-0.3, -0.25) is 4.99 Å². The highest BCUT2D eigenvalue weighted by molar-refractivity contribution is 7.89. The summed E-state index contributed by atoms with van der Waals surface area (Å²) < 4.78 is 27.6. The monoisotopic (exact) mass is 397 g/mol. The van der Waals surface area contributed by atoms with Gasteiger partial charge in [0, 0.05) is 32.7 Å². The number of amides is 1. The van der Waals surface area contributed by atoms with Gasteiger partial charge in [0.1, 0.15) is 0 Å². The number of benzene rings is 1. The lowest BCUT2D eigenvalue weighted by molar-refractivity contribution is 0.0963. The molecule has 1 aliphatic rings. The summed E-state index contributed by atoms with van der Waals surface area (Å²) in [5.74, 6) is 0.653. The first-order valence-electron chi connectivity index (χ1n) is 8.84. The van der Waals surface area contributed by atoms with Crippen LogP contribution in [0.5, 0.6) is 0 Å². The molecule has 1 heterocycles. The van der Waals surface area contributed by atoms with Gasteiger partial charge in [-0.2, -0.15) is 0 Å². The number of likely N-dealkylation sites (tertiary alicyclic amines) is 1. The maximum Gasteiger partial charge on any atom is 0.409 e. The summed E-state index contributed by atoms with van der Waals surface area (Å²) in [6.45, 7) is 3.95. The Kier molecular flexibility index (Phi) is 7.43. The second-order valence-corrected chi connectivity index (χ2v) is 7.78. The van der Waals surface area contributed by atoms with Crippen molar-refractivity contribution < 1.29 is 17.9 Å². The number of guanidine groups is 1. The van der Waals surface area contributed by atoms with Crippen molar-refractivity contribution in [1.82, 2.24) is 15.5 Å². The third kappa shape index (κ3) is 6.40. The van der Waals surface area contributed by atoms with Crippen LogP contribution in [0.1, 0.15) is 25.3 Å². The van der Waals surface area contributed by atoms with Crippen molar-refractivity contribution in [1.29, 1.82) is 0 Å². The minimum absolute atomic E-state index is 0.0853. The summed E-state index contributed by atoms with van der Waals surface area (Å²) in [7, 11) is -1.99. The van der Waals surface area contributed by atoms with Crippen LogP contribution in [0.15, 0.2) is 34.2 Å². The van der Waals surface area contributed by atoms with E-state index in [2.05, 4.69) is 15.6 Å². The minimum Gasteiger partial charge on any atom is -0.450 e. The topological polar surface area (TPSA) is 126 Å². The number of hydrogen-bond donors (Lipinski definition) is 3. The Bertz CT molecular complexity index is 756. The lowest BCUT2D eigenvalue weighted by atomic mass is 10.1. The molecule has 0 aliphatic carbocycles. The average Bonchev–Trinajstić information content (AvgIpc) is 2.65. The summed E-state index contributed by atoms with van der Waals surface area (Å²) in [5, 5.41) is 11.6. The maximum absolute atomic E-state index is 11.7. The normalized spacial score (nSPS) is 16.1. The quantitative estimate of drug-likeness (QED) is 0.494. The standard InChI is InChI=1S/C17H27N5O4S/c1-3-26-17(23)22-10-8-14(9-11-22)21-16(19-2)20-12-13-4-6-15(7-5-13)27(18,24)25/h4-7,14H,3,8-12H2,1-2H3,(H2,18,24,25)(H2,19,20,21). The van der Waals surface area contributed by atoms with E-state index in [1.165, 1.54) is 12.1 Å². The van der Waals surface area contributed by atoms with Gasteiger partial charge in [0.25, 0.3) is 0 Å². The number of carbonyl (C=O) groups is 1. The number of rotatable bonds is 5. The molecule has 1 saturated heterocycles. The molecule has 4 N–H and O–H groups in total. The van der Waals surface area contributed by atoms with Crippen molar-refractivity contribution >= 4 is 22.1 Å². The molecular formula is C17H27N5O4S. The summed E-state index contributed by atoms with van der Waals surface area (Å²) in [4.78, 5) is 17.7. The third-order valence-electron chi connectivity index (χ3n) is 4.30. The zero-order valence-corrected chi connectivity index (χ0v) is 16.5. The number of sulfonamides is 1. The summed E-state index contributed by atoms with van der Waals surface area (Å²) in [6, 6.07) is 6.59. The van der Waals surface area contributed by atoms with Gasteiger partial charge in [-0.15, -0.1) is 0 Å². The van der Waals surface area contributed by atoms with Gasteiger partial charge in [0.2, 0.25) is 10.0 Å². The molecule has 1 aromatic rings. The summed E-state index contributed by atoms with van der Waals surface area (Å²) in [5.41, 5.74) is 0.905. The Labute approximate surface area is 160 Å². The predicted molar refractivity (Wildman–Crippen MR) is 103 cm³/mol. The minimum atomic E-state index is -3.68. The fraction of sp³-hybridized carbons (Fsp3) is 0.529. The van der Waals surface area contributed by atoms with Gasteiger partial charge in [0.15, 0.2) is 5.96 Å². The van der Waals surface area contributed by atoms with Gasteiger partial charge < -0.3 is 20.3 Å². The van der Waals surface area contributed by atoms with Crippen molar-refractivity contribution in [3.8, 4) is 0 Å². The highest BCUT2D eigenvalue weighted by Gasteiger charge is 2.24. The zero-order valence-electron chi connectivity index (χ0n) is 15.6. The number of nitrogens with zero attached hydrogens (tertiary/aromatic N) is 2. The number of nitrogens with two attached hydrogens (primary N) is 1. The molecule has 150 valence electrons. The van der Waals surface area contributed by atoms with Crippen LogP contribution in [0.3, 0.4) is 0 Å². The second-order valence-electron chi connectivity index (χ2n) is 6.22. The average molecular weight is 398 g/mol. The number of hydrogen-bond acceptors (Lipinski definition) is 5. The van der Waals surface area contributed by atoms with E-state index < -0.39 is 10.0 Å². The number of piperidine rings is 1. The number of ether oxygens (including phenoxy) is 1.